The van der Waals surface area contributed by atoms with E-state index in [0.29, 0.717) is 17.0 Å². The van der Waals surface area contributed by atoms with Gasteiger partial charge in [-0.15, -0.1) is 0 Å². The number of nitrogens with zero attached hydrogens (tertiary/aromatic N) is 1. The Hall–Kier alpha value is -1.18. The molecule has 1 heterocycles. The fourth-order valence-corrected chi connectivity index (χ4v) is 2.83. The van der Waals surface area contributed by atoms with Crippen LogP contribution in [-0.2, 0) is 21.9 Å². The van der Waals surface area contributed by atoms with E-state index in [1.165, 1.54) is 0 Å². The molecule has 19 heavy (non-hydrogen) atoms. The van der Waals surface area contributed by atoms with Gasteiger partial charge in [0.1, 0.15) is 5.76 Å². The molecule has 1 aromatic carbocycles. The third-order valence-corrected chi connectivity index (χ3v) is 4.54. The van der Waals surface area contributed by atoms with Gasteiger partial charge in [-0.1, -0.05) is 28.1 Å². The van der Waals surface area contributed by atoms with Gasteiger partial charge in [0, 0.05) is 5.33 Å². The second-order valence-electron chi connectivity index (χ2n) is 3.97. The Kier molecular flexibility index (Phi) is 4.38. The van der Waals surface area contributed by atoms with Crippen LogP contribution in [0.3, 0.4) is 0 Å². The van der Waals surface area contributed by atoms with Crippen molar-refractivity contribution in [2.24, 2.45) is 0 Å². The van der Waals surface area contributed by atoms with Gasteiger partial charge in [-0.2, -0.15) is 0 Å². The van der Waals surface area contributed by atoms with Crippen molar-refractivity contribution in [2.45, 2.75) is 23.7 Å². The molecule has 1 N–H and O–H groups in total. The molecule has 0 fully saturated rings. The Morgan fingerprint density at radius 2 is 2.00 bits per heavy atom. The molecule has 0 saturated heterocycles. The Morgan fingerprint density at radius 1 is 1.32 bits per heavy atom. The van der Waals surface area contributed by atoms with Crippen LogP contribution >= 0.6 is 15.9 Å². The molecule has 2 rings (SSSR count). The highest BCUT2D eigenvalue weighted by molar-refractivity contribution is 9.08. The molecule has 0 aliphatic rings. The van der Waals surface area contributed by atoms with Crippen molar-refractivity contribution < 1.29 is 12.8 Å². The van der Waals surface area contributed by atoms with Gasteiger partial charge in [0.15, 0.2) is 0 Å². The lowest BCUT2D eigenvalue weighted by atomic mass is 10.2. The number of nitrogens with one attached hydrogen (secondary N) is 1. The number of aromatic nitrogens is 1. The summed E-state index contributed by atoms with van der Waals surface area (Å²) in [6.07, 6.45) is 1.55. The molecular formula is C12H13BrN2O3S. The molecule has 0 bridgehead atoms. The molecule has 7 heteroatoms. The van der Waals surface area contributed by atoms with E-state index >= 15 is 0 Å². The topological polar surface area (TPSA) is 72.2 Å². The molecule has 0 unspecified atom stereocenters. The van der Waals surface area contributed by atoms with Gasteiger partial charge in [0.05, 0.1) is 17.6 Å². The van der Waals surface area contributed by atoms with Crippen LogP contribution in [0.1, 0.15) is 17.2 Å². The number of oxazole rings is 1. The Labute approximate surface area is 120 Å². The van der Waals surface area contributed by atoms with Crippen LogP contribution < -0.4 is 4.72 Å². The lowest BCUT2D eigenvalue weighted by molar-refractivity contribution is 0.463. The molecule has 0 saturated carbocycles. The van der Waals surface area contributed by atoms with Crippen LogP contribution in [0.25, 0.3) is 0 Å². The standard InChI is InChI=1S/C12H13BrN2O3S/c1-9-7-14-12(18-9)8-15-19(16,17)11-4-2-10(6-13)3-5-11/h2-5,7,15H,6,8H2,1H3. The fraction of sp³-hybridized carbons (Fsp3) is 0.250. The zero-order valence-electron chi connectivity index (χ0n) is 10.3. The SMILES string of the molecule is Cc1cnc(CNS(=O)(=O)c2ccc(CBr)cc2)o1. The minimum atomic E-state index is -3.54. The maximum Gasteiger partial charge on any atom is 0.241 e. The first-order chi connectivity index (χ1) is 9.01. The van der Waals surface area contributed by atoms with Crippen molar-refractivity contribution >= 4 is 26.0 Å². The third-order valence-electron chi connectivity index (χ3n) is 2.47. The predicted octanol–water partition coefficient (Wildman–Crippen LogP) is 2.36. The summed E-state index contributed by atoms with van der Waals surface area (Å²) >= 11 is 3.31. The van der Waals surface area contributed by atoms with Crippen molar-refractivity contribution in [3.05, 3.63) is 47.7 Å². The monoisotopic (exact) mass is 344 g/mol. The molecule has 2 aromatic rings. The number of alkyl halides is 1. The Morgan fingerprint density at radius 3 is 2.53 bits per heavy atom. The van der Waals surface area contributed by atoms with Gasteiger partial charge in [-0.25, -0.2) is 18.1 Å². The van der Waals surface area contributed by atoms with Gasteiger partial charge in [-0.3, -0.25) is 0 Å². The summed E-state index contributed by atoms with van der Waals surface area (Å²) in [5, 5.41) is 0.691. The van der Waals surface area contributed by atoms with Crippen LogP contribution in [0.5, 0.6) is 0 Å². The zero-order chi connectivity index (χ0) is 13.9. The molecular weight excluding hydrogens is 332 g/mol. The van der Waals surface area contributed by atoms with E-state index < -0.39 is 10.0 Å². The number of sulfonamides is 1. The molecule has 0 amide bonds. The summed E-state index contributed by atoms with van der Waals surface area (Å²) in [5.74, 6) is 0.994. The highest BCUT2D eigenvalue weighted by Crippen LogP contribution is 2.13. The third kappa shape index (κ3) is 3.65. The molecule has 0 aliphatic heterocycles. The van der Waals surface area contributed by atoms with E-state index in [0.717, 1.165) is 5.56 Å². The fourth-order valence-electron chi connectivity index (χ4n) is 1.48. The number of rotatable bonds is 5. The zero-order valence-corrected chi connectivity index (χ0v) is 12.7. The minimum Gasteiger partial charge on any atom is -0.445 e. The van der Waals surface area contributed by atoms with Crippen LogP contribution in [0.4, 0.5) is 0 Å². The van der Waals surface area contributed by atoms with Crippen molar-refractivity contribution in [3.63, 3.8) is 0 Å². The molecule has 5 nitrogen and oxygen atoms in total. The number of aryl methyl sites for hydroxylation is 1. The lowest BCUT2D eigenvalue weighted by Crippen LogP contribution is -2.23. The van der Waals surface area contributed by atoms with Crippen LogP contribution in [0.2, 0.25) is 0 Å². The molecule has 0 atom stereocenters. The van der Waals surface area contributed by atoms with Gasteiger partial charge in [-0.05, 0) is 24.6 Å². The first-order valence-corrected chi connectivity index (χ1v) is 8.17. The van der Waals surface area contributed by atoms with Gasteiger partial charge in [0.2, 0.25) is 15.9 Å². The smallest absolute Gasteiger partial charge is 0.241 e. The number of benzene rings is 1. The molecule has 0 radical (unpaired) electrons. The first-order valence-electron chi connectivity index (χ1n) is 5.57. The maximum absolute atomic E-state index is 12.0. The largest absolute Gasteiger partial charge is 0.445 e. The Bertz CT molecular complexity index is 650. The van der Waals surface area contributed by atoms with Crippen molar-refractivity contribution in [3.8, 4) is 0 Å². The van der Waals surface area contributed by atoms with Crippen LogP contribution in [0, 0.1) is 6.92 Å². The van der Waals surface area contributed by atoms with Gasteiger partial charge >= 0.3 is 0 Å². The van der Waals surface area contributed by atoms with Crippen LogP contribution in [0.15, 0.2) is 39.8 Å². The molecule has 0 aliphatic carbocycles. The second kappa shape index (κ2) is 5.85. The van der Waals surface area contributed by atoms with Crippen LogP contribution in [-0.4, -0.2) is 13.4 Å². The lowest BCUT2D eigenvalue weighted by Gasteiger charge is -2.05. The second-order valence-corrected chi connectivity index (χ2v) is 6.29. The minimum absolute atomic E-state index is 0.0381. The van der Waals surface area contributed by atoms with Crippen molar-refractivity contribution in [1.82, 2.24) is 9.71 Å². The van der Waals surface area contributed by atoms with E-state index in [1.54, 1.807) is 37.4 Å². The quantitative estimate of drug-likeness (QED) is 0.845. The summed E-state index contributed by atoms with van der Waals surface area (Å²) in [5.41, 5.74) is 1.02. The van der Waals surface area contributed by atoms with Crippen molar-refractivity contribution in [2.75, 3.05) is 0 Å². The highest BCUT2D eigenvalue weighted by atomic mass is 79.9. The molecule has 0 spiro atoms. The maximum atomic E-state index is 12.0. The molecule has 102 valence electrons. The highest BCUT2D eigenvalue weighted by Gasteiger charge is 2.14. The van der Waals surface area contributed by atoms with Gasteiger partial charge < -0.3 is 4.42 Å². The average molecular weight is 345 g/mol. The number of hydrogen-bond donors (Lipinski definition) is 1. The van der Waals surface area contributed by atoms with E-state index in [2.05, 4.69) is 25.6 Å². The van der Waals surface area contributed by atoms with E-state index in [4.69, 9.17) is 4.42 Å². The van der Waals surface area contributed by atoms with Gasteiger partial charge in [0.25, 0.3) is 0 Å². The predicted molar refractivity (Wildman–Crippen MR) is 74.3 cm³/mol. The Balaban J connectivity index is 2.09. The van der Waals surface area contributed by atoms with E-state index in [-0.39, 0.29) is 11.4 Å². The first kappa shape index (κ1) is 14.2. The molecule has 1 aromatic heterocycles. The summed E-state index contributed by atoms with van der Waals surface area (Å²) < 4.78 is 31.7. The summed E-state index contributed by atoms with van der Waals surface area (Å²) in [4.78, 5) is 4.16. The normalized spacial score (nSPS) is 11.7. The summed E-state index contributed by atoms with van der Waals surface area (Å²) in [6.45, 7) is 1.79. The van der Waals surface area contributed by atoms with Crippen molar-refractivity contribution in [1.29, 1.82) is 0 Å². The number of hydrogen-bond acceptors (Lipinski definition) is 4. The number of halogens is 1. The summed E-state index contributed by atoms with van der Waals surface area (Å²) in [7, 11) is -3.54. The summed E-state index contributed by atoms with van der Waals surface area (Å²) in [6, 6.07) is 6.66. The van der Waals surface area contributed by atoms with E-state index in [9.17, 15) is 8.42 Å². The van der Waals surface area contributed by atoms with E-state index in [1.807, 2.05) is 0 Å². The average Bonchev–Trinajstić information content (AvgIpc) is 2.82.